The highest BCUT2D eigenvalue weighted by atomic mass is 16.5. The number of rotatable bonds is 5. The smallest absolute Gasteiger partial charge is 0.254 e. The van der Waals surface area contributed by atoms with Gasteiger partial charge < -0.3 is 4.74 Å². The first-order chi connectivity index (χ1) is 8.36. The van der Waals surface area contributed by atoms with Crippen molar-refractivity contribution < 1.29 is 9.30 Å². The third-order valence-corrected chi connectivity index (χ3v) is 2.79. The van der Waals surface area contributed by atoms with Gasteiger partial charge in [0.05, 0.1) is 12.0 Å². The fraction of sp³-hybridized carbons (Fsp3) is 0.400. The number of pyridine rings is 1. The van der Waals surface area contributed by atoms with E-state index in [1.54, 1.807) is 0 Å². The standard InChI is InChI=1S/C15H20NO/c1-3-10-16-11-6-8-13-7-5-9-14(15(13)16)17-12-4-2/h5-9,11H,3-4,10,12H2,1-2H3/q+1. The number of fused-ring (bicyclic) bond motifs is 1. The van der Waals surface area contributed by atoms with Gasteiger partial charge in [-0.05, 0) is 24.6 Å². The fourth-order valence-corrected chi connectivity index (χ4v) is 2.06. The van der Waals surface area contributed by atoms with E-state index >= 15 is 0 Å². The molecule has 0 aliphatic carbocycles. The molecule has 2 rings (SSSR count). The second-order valence-corrected chi connectivity index (χ2v) is 4.24. The van der Waals surface area contributed by atoms with E-state index in [4.69, 9.17) is 4.74 Å². The summed E-state index contributed by atoms with van der Waals surface area (Å²) in [6.45, 7) is 6.14. The highest BCUT2D eigenvalue weighted by Gasteiger charge is 2.13. The Bertz CT molecular complexity index is 488. The van der Waals surface area contributed by atoms with Crippen molar-refractivity contribution in [2.75, 3.05) is 6.61 Å². The second-order valence-electron chi connectivity index (χ2n) is 4.24. The van der Waals surface area contributed by atoms with Crippen LogP contribution in [0.3, 0.4) is 0 Å². The van der Waals surface area contributed by atoms with Crippen molar-refractivity contribution in [1.29, 1.82) is 0 Å². The quantitative estimate of drug-likeness (QED) is 0.718. The van der Waals surface area contributed by atoms with Crippen LogP contribution in [0.1, 0.15) is 26.7 Å². The van der Waals surface area contributed by atoms with Crippen LogP contribution in [-0.4, -0.2) is 6.61 Å². The molecule has 2 aromatic rings. The molecule has 17 heavy (non-hydrogen) atoms. The lowest BCUT2D eigenvalue weighted by Gasteiger charge is -2.07. The summed E-state index contributed by atoms with van der Waals surface area (Å²) >= 11 is 0. The number of para-hydroxylation sites is 1. The van der Waals surface area contributed by atoms with Crippen LogP contribution in [0.4, 0.5) is 0 Å². The molecule has 0 bridgehead atoms. The van der Waals surface area contributed by atoms with Gasteiger partial charge in [-0.3, -0.25) is 0 Å². The van der Waals surface area contributed by atoms with Gasteiger partial charge in [-0.25, -0.2) is 0 Å². The molecule has 0 radical (unpaired) electrons. The predicted octanol–water partition coefficient (Wildman–Crippen LogP) is 3.33. The Hall–Kier alpha value is -1.57. The van der Waals surface area contributed by atoms with Crippen LogP contribution in [-0.2, 0) is 6.54 Å². The molecule has 0 saturated carbocycles. The zero-order chi connectivity index (χ0) is 12.1. The molecule has 0 aliphatic rings. The molecule has 0 fully saturated rings. The zero-order valence-corrected chi connectivity index (χ0v) is 10.6. The molecule has 90 valence electrons. The van der Waals surface area contributed by atoms with Gasteiger partial charge in [0.1, 0.15) is 6.54 Å². The highest BCUT2D eigenvalue weighted by Crippen LogP contribution is 2.22. The number of nitrogens with zero attached hydrogens (tertiary/aromatic N) is 1. The minimum absolute atomic E-state index is 0.778. The lowest BCUT2D eigenvalue weighted by molar-refractivity contribution is -0.671. The van der Waals surface area contributed by atoms with Crippen LogP contribution >= 0.6 is 0 Å². The number of ether oxygens (including phenoxy) is 1. The maximum Gasteiger partial charge on any atom is 0.254 e. The van der Waals surface area contributed by atoms with Crippen LogP contribution in [0.5, 0.6) is 5.75 Å². The molecule has 0 atom stereocenters. The van der Waals surface area contributed by atoms with Gasteiger partial charge in [0.15, 0.2) is 11.9 Å². The average molecular weight is 230 g/mol. The van der Waals surface area contributed by atoms with Crippen molar-refractivity contribution in [2.24, 2.45) is 0 Å². The summed E-state index contributed by atoms with van der Waals surface area (Å²) in [6.07, 6.45) is 4.30. The summed E-state index contributed by atoms with van der Waals surface area (Å²) in [5, 5.41) is 1.24. The third-order valence-electron chi connectivity index (χ3n) is 2.79. The number of benzene rings is 1. The van der Waals surface area contributed by atoms with Crippen LogP contribution in [0.15, 0.2) is 36.5 Å². The molecule has 0 spiro atoms. The lowest BCUT2D eigenvalue weighted by Crippen LogP contribution is -2.34. The molecule has 0 N–H and O–H groups in total. The Morgan fingerprint density at radius 3 is 2.65 bits per heavy atom. The lowest BCUT2D eigenvalue weighted by atomic mass is 10.2. The second kappa shape index (κ2) is 5.67. The molecule has 2 heteroatoms. The first-order valence-electron chi connectivity index (χ1n) is 6.40. The van der Waals surface area contributed by atoms with E-state index in [-0.39, 0.29) is 0 Å². The van der Waals surface area contributed by atoms with E-state index < -0.39 is 0 Å². The van der Waals surface area contributed by atoms with Crippen LogP contribution in [0.2, 0.25) is 0 Å². The van der Waals surface area contributed by atoms with E-state index in [1.165, 1.54) is 10.9 Å². The van der Waals surface area contributed by atoms with Gasteiger partial charge in [-0.2, -0.15) is 4.57 Å². The maximum atomic E-state index is 5.83. The Balaban J connectivity index is 2.50. The molecule has 0 unspecified atom stereocenters. The van der Waals surface area contributed by atoms with Gasteiger partial charge in [-0.1, -0.05) is 19.9 Å². The molecule has 0 amide bonds. The van der Waals surface area contributed by atoms with E-state index in [0.717, 1.165) is 31.7 Å². The Kier molecular flexibility index (Phi) is 3.97. The molecule has 1 heterocycles. The molecule has 0 aliphatic heterocycles. The van der Waals surface area contributed by atoms with Gasteiger partial charge in [0.25, 0.3) is 5.52 Å². The first-order valence-corrected chi connectivity index (χ1v) is 6.40. The summed E-state index contributed by atoms with van der Waals surface area (Å²) in [4.78, 5) is 0. The van der Waals surface area contributed by atoms with Crippen molar-refractivity contribution in [3.8, 4) is 5.75 Å². The maximum absolute atomic E-state index is 5.83. The number of hydrogen-bond donors (Lipinski definition) is 0. The minimum atomic E-state index is 0.778. The largest absolute Gasteiger partial charge is 0.487 e. The average Bonchev–Trinajstić information content (AvgIpc) is 2.37. The van der Waals surface area contributed by atoms with Crippen LogP contribution in [0, 0.1) is 0 Å². The number of aromatic nitrogens is 1. The minimum Gasteiger partial charge on any atom is -0.487 e. The summed E-state index contributed by atoms with van der Waals surface area (Å²) in [5.74, 6) is 0.999. The molecule has 1 aromatic carbocycles. The van der Waals surface area contributed by atoms with Gasteiger partial charge in [0, 0.05) is 12.5 Å². The Morgan fingerprint density at radius 2 is 1.88 bits per heavy atom. The van der Waals surface area contributed by atoms with E-state index in [0.29, 0.717) is 0 Å². The third kappa shape index (κ3) is 2.57. The SMILES string of the molecule is CCCOc1cccc2ccc[n+](CCC)c12. The summed E-state index contributed by atoms with van der Waals surface area (Å²) < 4.78 is 8.11. The normalized spacial score (nSPS) is 10.7. The predicted molar refractivity (Wildman–Crippen MR) is 70.2 cm³/mol. The molecule has 0 saturated heterocycles. The summed E-state index contributed by atoms with van der Waals surface area (Å²) in [6, 6.07) is 10.5. The van der Waals surface area contributed by atoms with E-state index in [2.05, 4.69) is 54.9 Å². The van der Waals surface area contributed by atoms with E-state index in [9.17, 15) is 0 Å². The van der Waals surface area contributed by atoms with Gasteiger partial charge in [0.2, 0.25) is 0 Å². The van der Waals surface area contributed by atoms with Crippen molar-refractivity contribution in [2.45, 2.75) is 33.2 Å². The first kappa shape index (κ1) is 11.9. The molecule has 1 aromatic heterocycles. The topological polar surface area (TPSA) is 13.1 Å². The highest BCUT2D eigenvalue weighted by molar-refractivity contribution is 5.81. The van der Waals surface area contributed by atoms with Crippen molar-refractivity contribution in [3.05, 3.63) is 36.5 Å². The van der Waals surface area contributed by atoms with Gasteiger partial charge >= 0.3 is 0 Å². The fourth-order valence-electron chi connectivity index (χ4n) is 2.06. The Labute approximate surface area is 103 Å². The van der Waals surface area contributed by atoms with Crippen molar-refractivity contribution >= 4 is 10.9 Å². The van der Waals surface area contributed by atoms with E-state index in [1.807, 2.05) is 0 Å². The number of aryl methyl sites for hydroxylation is 1. The van der Waals surface area contributed by atoms with Gasteiger partial charge in [-0.15, -0.1) is 0 Å². The van der Waals surface area contributed by atoms with Crippen molar-refractivity contribution in [3.63, 3.8) is 0 Å². The molecular formula is C15H20NO+. The summed E-state index contributed by atoms with van der Waals surface area (Å²) in [7, 11) is 0. The molecular weight excluding hydrogens is 210 g/mol. The van der Waals surface area contributed by atoms with Crippen LogP contribution in [0.25, 0.3) is 10.9 Å². The zero-order valence-electron chi connectivity index (χ0n) is 10.6. The number of hydrogen-bond acceptors (Lipinski definition) is 1. The summed E-state index contributed by atoms with van der Waals surface area (Å²) in [5.41, 5.74) is 1.21. The van der Waals surface area contributed by atoms with Crippen molar-refractivity contribution in [1.82, 2.24) is 0 Å². The molecule has 2 nitrogen and oxygen atoms in total. The van der Waals surface area contributed by atoms with Crippen LogP contribution < -0.4 is 9.30 Å². The Morgan fingerprint density at radius 1 is 1.06 bits per heavy atom. The monoisotopic (exact) mass is 230 g/mol.